The SMILES string of the molecule is c1ccc(N(c2ccccc2)c2cccc(C3(c4ccccc4)c4ccccc4C4(c5ccccc5)c5ccccc5-c5cccc3c54)c2)cc1. The highest BCUT2D eigenvalue weighted by atomic mass is 15.1. The van der Waals surface area contributed by atoms with Crippen LogP contribution in [0, 0.1) is 0 Å². The summed E-state index contributed by atoms with van der Waals surface area (Å²) in [7, 11) is 0. The second-order valence-corrected chi connectivity index (χ2v) is 13.6. The van der Waals surface area contributed by atoms with E-state index >= 15 is 0 Å². The van der Waals surface area contributed by atoms with Gasteiger partial charge < -0.3 is 4.90 Å². The highest BCUT2D eigenvalue weighted by Crippen LogP contribution is 2.65. The van der Waals surface area contributed by atoms with Gasteiger partial charge in [0.2, 0.25) is 0 Å². The van der Waals surface area contributed by atoms with Crippen LogP contribution in [0.1, 0.15) is 44.5 Å². The fraction of sp³-hybridized carbons (Fsp3) is 0.0400. The van der Waals surface area contributed by atoms with Crippen LogP contribution in [0.5, 0.6) is 0 Å². The maximum atomic E-state index is 2.43. The first-order valence-electron chi connectivity index (χ1n) is 17.8. The van der Waals surface area contributed by atoms with Gasteiger partial charge in [0.05, 0.1) is 10.8 Å². The molecule has 0 radical (unpaired) electrons. The Morgan fingerprint density at radius 1 is 0.275 bits per heavy atom. The number of benzene rings is 8. The van der Waals surface area contributed by atoms with Crippen LogP contribution in [0.25, 0.3) is 11.1 Å². The number of para-hydroxylation sites is 2. The maximum Gasteiger partial charge on any atom is 0.0720 e. The van der Waals surface area contributed by atoms with E-state index in [4.69, 9.17) is 0 Å². The van der Waals surface area contributed by atoms with Gasteiger partial charge in [-0.2, -0.15) is 0 Å². The molecule has 0 aromatic heterocycles. The fourth-order valence-electron chi connectivity index (χ4n) is 9.33. The van der Waals surface area contributed by atoms with Crippen molar-refractivity contribution in [2.75, 3.05) is 4.90 Å². The van der Waals surface area contributed by atoms with Gasteiger partial charge in [-0.3, -0.25) is 0 Å². The molecule has 2 unspecified atom stereocenters. The standard InChI is InChI=1S/C50H35N/c1-5-19-36(20-6-1)49(38-23-17-28-41(35-38)51(39-24-9-3-10-25-39)40-26-11-4-12-27-40)45-32-15-16-33-46(45)50(37-21-7-2-8-22-37)44-31-14-13-29-42(44)43-30-18-34-47(49)48(43)50/h1-35H. The molecule has 0 fully saturated rings. The summed E-state index contributed by atoms with van der Waals surface area (Å²) < 4.78 is 0. The van der Waals surface area contributed by atoms with Gasteiger partial charge in [0.1, 0.15) is 0 Å². The van der Waals surface area contributed by atoms with Gasteiger partial charge in [-0.1, -0.05) is 176 Å². The molecule has 1 nitrogen and oxygen atoms in total. The Morgan fingerprint density at radius 2 is 0.686 bits per heavy atom. The number of hydrogen-bond donors (Lipinski definition) is 0. The first-order chi connectivity index (χ1) is 25.3. The molecule has 8 aromatic rings. The van der Waals surface area contributed by atoms with Crippen molar-refractivity contribution in [2.45, 2.75) is 10.8 Å². The lowest BCUT2D eigenvalue weighted by molar-refractivity contribution is 0.627. The largest absolute Gasteiger partial charge is 0.310 e. The number of hydrogen-bond acceptors (Lipinski definition) is 1. The minimum absolute atomic E-state index is 0.462. The topological polar surface area (TPSA) is 3.24 Å². The van der Waals surface area contributed by atoms with Crippen LogP contribution >= 0.6 is 0 Å². The van der Waals surface area contributed by atoms with Crippen LogP contribution in [-0.4, -0.2) is 0 Å². The molecule has 0 spiro atoms. The number of rotatable bonds is 6. The Labute approximate surface area is 299 Å². The predicted octanol–water partition coefficient (Wildman–Crippen LogP) is 12.2. The quantitative estimate of drug-likeness (QED) is 0.173. The molecule has 240 valence electrons. The zero-order valence-electron chi connectivity index (χ0n) is 28.2. The highest BCUT2D eigenvalue weighted by Gasteiger charge is 2.57. The second-order valence-electron chi connectivity index (χ2n) is 13.6. The van der Waals surface area contributed by atoms with Crippen LogP contribution in [0.3, 0.4) is 0 Å². The van der Waals surface area contributed by atoms with E-state index in [0.717, 1.165) is 17.1 Å². The lowest BCUT2D eigenvalue weighted by Crippen LogP contribution is -2.44. The van der Waals surface area contributed by atoms with Crippen molar-refractivity contribution < 1.29 is 0 Å². The number of anilines is 3. The van der Waals surface area contributed by atoms with Crippen LogP contribution in [0.2, 0.25) is 0 Å². The molecule has 2 atom stereocenters. The van der Waals surface area contributed by atoms with E-state index in [0.29, 0.717) is 0 Å². The Balaban J connectivity index is 1.34. The Morgan fingerprint density at radius 3 is 1.31 bits per heavy atom. The highest BCUT2D eigenvalue weighted by molar-refractivity contribution is 5.92. The van der Waals surface area contributed by atoms with Gasteiger partial charge in [-0.15, -0.1) is 0 Å². The van der Waals surface area contributed by atoms with E-state index < -0.39 is 10.8 Å². The third kappa shape index (κ3) is 4.09. The minimum atomic E-state index is -0.599. The average molecular weight is 650 g/mol. The molecular formula is C50H35N. The van der Waals surface area contributed by atoms with Crippen LogP contribution in [0.4, 0.5) is 17.1 Å². The molecule has 8 aromatic carbocycles. The molecule has 2 aliphatic carbocycles. The molecule has 0 aliphatic heterocycles. The summed E-state index contributed by atoms with van der Waals surface area (Å²) >= 11 is 0. The zero-order chi connectivity index (χ0) is 33.8. The van der Waals surface area contributed by atoms with Gasteiger partial charge >= 0.3 is 0 Å². The maximum absolute atomic E-state index is 2.43. The summed E-state index contributed by atoms with van der Waals surface area (Å²) in [5.74, 6) is 0. The van der Waals surface area contributed by atoms with E-state index in [1.165, 1.54) is 55.6 Å². The van der Waals surface area contributed by atoms with Crippen LogP contribution in [0.15, 0.2) is 212 Å². The Kier molecular flexibility index (Phi) is 6.69. The van der Waals surface area contributed by atoms with E-state index in [1.54, 1.807) is 0 Å². The van der Waals surface area contributed by atoms with Crippen molar-refractivity contribution in [1.29, 1.82) is 0 Å². The van der Waals surface area contributed by atoms with Crippen molar-refractivity contribution in [3.8, 4) is 11.1 Å². The summed E-state index contributed by atoms with van der Waals surface area (Å²) in [6, 6.07) is 78.4. The third-order valence-electron chi connectivity index (χ3n) is 11.2. The summed E-state index contributed by atoms with van der Waals surface area (Å²) in [6.07, 6.45) is 0. The fourth-order valence-corrected chi connectivity index (χ4v) is 9.33. The molecule has 0 N–H and O–H groups in total. The predicted molar refractivity (Wildman–Crippen MR) is 210 cm³/mol. The molecule has 0 saturated heterocycles. The van der Waals surface area contributed by atoms with E-state index in [9.17, 15) is 0 Å². The molecule has 51 heavy (non-hydrogen) atoms. The van der Waals surface area contributed by atoms with Gasteiger partial charge in [-0.25, -0.2) is 0 Å². The monoisotopic (exact) mass is 649 g/mol. The summed E-state index contributed by atoms with van der Waals surface area (Å²) in [5.41, 5.74) is 15.4. The lowest BCUT2D eigenvalue weighted by atomic mass is 9.51. The summed E-state index contributed by atoms with van der Waals surface area (Å²) in [6.45, 7) is 0. The molecule has 10 rings (SSSR count). The molecule has 0 amide bonds. The molecule has 2 aliphatic rings. The second kappa shape index (κ2) is 11.6. The van der Waals surface area contributed by atoms with Gasteiger partial charge in [0.25, 0.3) is 0 Å². The molecule has 1 heteroatoms. The normalized spacial score (nSPS) is 18.0. The Hall–Kier alpha value is -6.44. The molecular weight excluding hydrogens is 615 g/mol. The van der Waals surface area contributed by atoms with Crippen molar-refractivity contribution in [3.05, 3.63) is 257 Å². The van der Waals surface area contributed by atoms with Crippen LogP contribution < -0.4 is 4.90 Å². The molecule has 0 heterocycles. The van der Waals surface area contributed by atoms with E-state index in [2.05, 4.69) is 217 Å². The van der Waals surface area contributed by atoms with Gasteiger partial charge in [0, 0.05) is 17.1 Å². The third-order valence-corrected chi connectivity index (χ3v) is 11.2. The molecule has 0 saturated carbocycles. The zero-order valence-corrected chi connectivity index (χ0v) is 28.2. The van der Waals surface area contributed by atoms with Crippen molar-refractivity contribution in [3.63, 3.8) is 0 Å². The van der Waals surface area contributed by atoms with Crippen molar-refractivity contribution >= 4 is 17.1 Å². The summed E-state index contributed by atoms with van der Waals surface area (Å²) in [4.78, 5) is 2.37. The van der Waals surface area contributed by atoms with E-state index in [-0.39, 0.29) is 0 Å². The first kappa shape index (κ1) is 29.5. The smallest absolute Gasteiger partial charge is 0.0720 e. The lowest BCUT2D eigenvalue weighted by Gasteiger charge is -2.49. The summed E-state index contributed by atoms with van der Waals surface area (Å²) in [5, 5.41) is 0. The van der Waals surface area contributed by atoms with Crippen LogP contribution in [-0.2, 0) is 10.8 Å². The van der Waals surface area contributed by atoms with Crippen molar-refractivity contribution in [1.82, 2.24) is 0 Å². The number of fused-ring (bicyclic) bond motifs is 5. The van der Waals surface area contributed by atoms with Gasteiger partial charge in [0.15, 0.2) is 0 Å². The average Bonchev–Trinajstić information content (AvgIpc) is 3.52. The van der Waals surface area contributed by atoms with Gasteiger partial charge in [-0.05, 0) is 92.0 Å². The molecule has 0 bridgehead atoms. The van der Waals surface area contributed by atoms with E-state index in [1.807, 2.05) is 0 Å². The first-order valence-corrected chi connectivity index (χ1v) is 17.8. The minimum Gasteiger partial charge on any atom is -0.310 e. The van der Waals surface area contributed by atoms with Crippen molar-refractivity contribution in [2.24, 2.45) is 0 Å². The Bertz CT molecular complexity index is 2480. The number of nitrogens with zero attached hydrogens (tertiary/aromatic N) is 1.